The SMILES string of the molecule is Cn1cncc1C1CCN(C(=O)NCC2(N3CCOCC3)CC2)CC1. The Morgan fingerprint density at radius 3 is 2.60 bits per heavy atom. The Kier molecular flexibility index (Phi) is 4.69. The van der Waals surface area contributed by atoms with Crippen LogP contribution in [-0.4, -0.2) is 76.9 Å². The van der Waals surface area contributed by atoms with E-state index in [2.05, 4.69) is 19.8 Å². The number of urea groups is 1. The van der Waals surface area contributed by atoms with E-state index in [4.69, 9.17) is 4.74 Å². The molecule has 1 N–H and O–H groups in total. The van der Waals surface area contributed by atoms with Crippen LogP contribution in [0.1, 0.15) is 37.3 Å². The van der Waals surface area contributed by atoms with Crippen LogP contribution in [0.3, 0.4) is 0 Å². The molecule has 1 aromatic heterocycles. The Morgan fingerprint density at radius 1 is 1.28 bits per heavy atom. The maximum Gasteiger partial charge on any atom is 0.317 e. The van der Waals surface area contributed by atoms with E-state index in [-0.39, 0.29) is 11.6 Å². The van der Waals surface area contributed by atoms with Gasteiger partial charge in [-0.1, -0.05) is 0 Å². The number of hydrogen-bond donors (Lipinski definition) is 1. The summed E-state index contributed by atoms with van der Waals surface area (Å²) in [6.45, 7) is 6.04. The maximum absolute atomic E-state index is 12.6. The van der Waals surface area contributed by atoms with Crippen molar-refractivity contribution in [2.24, 2.45) is 7.05 Å². The fourth-order valence-corrected chi connectivity index (χ4v) is 4.28. The van der Waals surface area contributed by atoms with Crippen molar-refractivity contribution in [3.63, 3.8) is 0 Å². The number of carbonyl (C=O) groups is 1. The summed E-state index contributed by atoms with van der Waals surface area (Å²) in [5.41, 5.74) is 1.48. The van der Waals surface area contributed by atoms with Crippen LogP contribution in [-0.2, 0) is 11.8 Å². The standard InChI is InChI=1S/C18H29N5O2/c1-21-14-19-12-16(21)15-2-6-22(7-3-15)17(24)20-13-18(4-5-18)23-8-10-25-11-9-23/h12,14-15H,2-11,13H2,1H3,(H,20,24). The van der Waals surface area contributed by atoms with E-state index >= 15 is 0 Å². The van der Waals surface area contributed by atoms with Crippen molar-refractivity contribution in [3.8, 4) is 0 Å². The molecule has 2 saturated heterocycles. The van der Waals surface area contributed by atoms with Crippen LogP contribution in [0.15, 0.2) is 12.5 Å². The van der Waals surface area contributed by atoms with Gasteiger partial charge in [-0.25, -0.2) is 9.78 Å². The summed E-state index contributed by atoms with van der Waals surface area (Å²) in [6.07, 6.45) is 8.23. The normalized spacial score (nSPS) is 24.3. The molecular weight excluding hydrogens is 318 g/mol. The predicted molar refractivity (Wildman–Crippen MR) is 94.5 cm³/mol. The minimum atomic E-state index is 0.1000. The van der Waals surface area contributed by atoms with Crippen molar-refractivity contribution in [2.45, 2.75) is 37.1 Å². The van der Waals surface area contributed by atoms with Gasteiger partial charge in [0.15, 0.2) is 0 Å². The minimum absolute atomic E-state index is 0.1000. The minimum Gasteiger partial charge on any atom is -0.379 e. The maximum atomic E-state index is 12.6. The molecule has 7 heteroatoms. The number of aromatic nitrogens is 2. The van der Waals surface area contributed by atoms with Gasteiger partial charge in [0.25, 0.3) is 0 Å². The van der Waals surface area contributed by atoms with Crippen LogP contribution in [0.4, 0.5) is 4.79 Å². The predicted octanol–water partition coefficient (Wildman–Crippen LogP) is 1.17. The topological polar surface area (TPSA) is 62.6 Å². The van der Waals surface area contributed by atoms with Crippen LogP contribution in [0, 0.1) is 0 Å². The number of piperidine rings is 1. The highest BCUT2D eigenvalue weighted by Crippen LogP contribution is 2.41. The number of morpholine rings is 1. The van der Waals surface area contributed by atoms with E-state index in [9.17, 15) is 4.79 Å². The number of nitrogens with zero attached hydrogens (tertiary/aromatic N) is 4. The Labute approximate surface area is 149 Å². The molecule has 25 heavy (non-hydrogen) atoms. The number of hydrogen-bond acceptors (Lipinski definition) is 4. The zero-order chi connectivity index (χ0) is 17.3. The zero-order valence-electron chi connectivity index (χ0n) is 15.1. The van der Waals surface area contributed by atoms with Gasteiger partial charge in [0.1, 0.15) is 0 Å². The molecule has 3 fully saturated rings. The van der Waals surface area contributed by atoms with Crippen molar-refractivity contribution < 1.29 is 9.53 Å². The number of ether oxygens (including phenoxy) is 1. The summed E-state index contributed by atoms with van der Waals surface area (Å²) in [6, 6.07) is 0.1000. The molecule has 1 aromatic rings. The number of likely N-dealkylation sites (tertiary alicyclic amines) is 1. The molecule has 0 spiro atoms. The molecule has 0 aromatic carbocycles. The van der Waals surface area contributed by atoms with Crippen LogP contribution in [0.2, 0.25) is 0 Å². The Morgan fingerprint density at radius 2 is 2.00 bits per heavy atom. The summed E-state index contributed by atoms with van der Waals surface area (Å²) in [4.78, 5) is 21.3. The van der Waals surface area contributed by atoms with Gasteiger partial charge in [-0.15, -0.1) is 0 Å². The summed E-state index contributed by atoms with van der Waals surface area (Å²) in [7, 11) is 2.04. The van der Waals surface area contributed by atoms with Gasteiger partial charge in [0, 0.05) is 63.1 Å². The highest BCUT2D eigenvalue weighted by molar-refractivity contribution is 5.74. The van der Waals surface area contributed by atoms with Gasteiger partial charge in [-0.2, -0.15) is 0 Å². The van der Waals surface area contributed by atoms with Crippen LogP contribution >= 0.6 is 0 Å². The molecule has 4 rings (SSSR count). The fourth-order valence-electron chi connectivity index (χ4n) is 4.28. The van der Waals surface area contributed by atoms with E-state index in [1.54, 1.807) is 0 Å². The smallest absolute Gasteiger partial charge is 0.317 e. The quantitative estimate of drug-likeness (QED) is 0.888. The molecule has 3 aliphatic rings. The third-order valence-electron chi connectivity index (χ3n) is 6.13. The third kappa shape index (κ3) is 3.53. The highest BCUT2D eigenvalue weighted by atomic mass is 16.5. The molecule has 0 radical (unpaired) electrons. The first-order valence-electron chi connectivity index (χ1n) is 9.50. The van der Waals surface area contributed by atoms with Gasteiger partial charge in [0.05, 0.1) is 19.5 Å². The number of carbonyl (C=O) groups excluding carboxylic acids is 1. The zero-order valence-corrected chi connectivity index (χ0v) is 15.1. The molecule has 1 saturated carbocycles. The number of imidazole rings is 1. The van der Waals surface area contributed by atoms with E-state index in [0.29, 0.717) is 5.92 Å². The molecule has 2 aliphatic heterocycles. The second kappa shape index (κ2) is 6.96. The first-order valence-corrected chi connectivity index (χ1v) is 9.50. The van der Waals surface area contributed by atoms with Gasteiger partial charge in [-0.3, -0.25) is 4.90 Å². The monoisotopic (exact) mass is 347 g/mol. The van der Waals surface area contributed by atoms with Crippen molar-refractivity contribution in [2.75, 3.05) is 45.9 Å². The van der Waals surface area contributed by atoms with E-state index in [1.807, 2.05) is 24.5 Å². The largest absolute Gasteiger partial charge is 0.379 e. The van der Waals surface area contributed by atoms with E-state index < -0.39 is 0 Å². The fraction of sp³-hybridized carbons (Fsp3) is 0.778. The Hall–Kier alpha value is -1.60. The first kappa shape index (κ1) is 16.8. The molecule has 2 amide bonds. The Balaban J connectivity index is 1.25. The van der Waals surface area contributed by atoms with Crippen LogP contribution in [0.5, 0.6) is 0 Å². The molecule has 7 nitrogen and oxygen atoms in total. The molecule has 1 aliphatic carbocycles. The second-order valence-electron chi connectivity index (χ2n) is 7.67. The van der Waals surface area contributed by atoms with Crippen LogP contribution in [0.25, 0.3) is 0 Å². The number of rotatable bonds is 4. The lowest BCUT2D eigenvalue weighted by Gasteiger charge is -2.36. The highest BCUT2D eigenvalue weighted by Gasteiger charge is 2.48. The lowest BCUT2D eigenvalue weighted by atomic mass is 9.94. The molecular formula is C18H29N5O2. The van der Waals surface area contributed by atoms with E-state index in [0.717, 1.165) is 58.8 Å². The summed E-state index contributed by atoms with van der Waals surface area (Å²) < 4.78 is 7.55. The lowest BCUT2D eigenvalue weighted by molar-refractivity contribution is 0.00995. The van der Waals surface area contributed by atoms with Gasteiger partial charge in [-0.05, 0) is 25.7 Å². The summed E-state index contributed by atoms with van der Waals surface area (Å²) in [5.74, 6) is 0.514. The van der Waals surface area contributed by atoms with Crippen molar-refractivity contribution >= 4 is 6.03 Å². The number of nitrogens with one attached hydrogen (secondary N) is 1. The van der Waals surface area contributed by atoms with Crippen molar-refractivity contribution in [1.29, 1.82) is 0 Å². The Bertz CT molecular complexity index is 598. The molecule has 0 unspecified atom stereocenters. The molecule has 0 bridgehead atoms. The average Bonchev–Trinajstić information content (AvgIpc) is 3.34. The second-order valence-corrected chi connectivity index (χ2v) is 7.67. The number of amides is 2. The summed E-state index contributed by atoms with van der Waals surface area (Å²) >= 11 is 0. The number of aryl methyl sites for hydroxylation is 1. The van der Waals surface area contributed by atoms with Gasteiger partial charge < -0.3 is 19.5 Å². The lowest BCUT2D eigenvalue weighted by Crippen LogP contribution is -2.53. The molecule has 0 atom stereocenters. The van der Waals surface area contributed by atoms with Gasteiger partial charge in [0.2, 0.25) is 0 Å². The van der Waals surface area contributed by atoms with Gasteiger partial charge >= 0.3 is 6.03 Å². The summed E-state index contributed by atoms with van der Waals surface area (Å²) in [5, 5.41) is 3.20. The third-order valence-corrected chi connectivity index (χ3v) is 6.13. The van der Waals surface area contributed by atoms with Crippen molar-refractivity contribution in [1.82, 2.24) is 24.7 Å². The van der Waals surface area contributed by atoms with Crippen molar-refractivity contribution in [3.05, 3.63) is 18.2 Å². The van der Waals surface area contributed by atoms with Crippen LogP contribution < -0.4 is 5.32 Å². The molecule has 3 heterocycles. The molecule has 138 valence electrons. The van der Waals surface area contributed by atoms with E-state index in [1.165, 1.54) is 18.5 Å². The average molecular weight is 347 g/mol. The first-order chi connectivity index (χ1) is 12.2.